The van der Waals surface area contributed by atoms with Gasteiger partial charge >= 0.3 is 0 Å². The molecule has 1 N–H and O–H groups in total. The summed E-state index contributed by atoms with van der Waals surface area (Å²) in [5, 5.41) is 2.87. The zero-order chi connectivity index (χ0) is 22.5. The SMILES string of the molecule is CC.CC(=O)Nc1ccc(C2CN(C)Cc3c(C)cc(N4CCN(C)CC4)cc32)cc1. The molecule has 1 saturated heterocycles. The minimum absolute atomic E-state index is 0.0343. The Morgan fingerprint density at radius 1 is 0.968 bits per heavy atom. The first-order valence-corrected chi connectivity index (χ1v) is 11.5. The van der Waals surface area contributed by atoms with Gasteiger partial charge in [0, 0.05) is 63.5 Å². The Balaban J connectivity index is 0.00000132. The van der Waals surface area contributed by atoms with E-state index in [-0.39, 0.29) is 5.91 Å². The van der Waals surface area contributed by atoms with Crippen molar-refractivity contribution < 1.29 is 4.79 Å². The molecule has 31 heavy (non-hydrogen) atoms. The van der Waals surface area contributed by atoms with Gasteiger partial charge in [-0.15, -0.1) is 0 Å². The van der Waals surface area contributed by atoms with Crippen molar-refractivity contribution in [2.75, 3.05) is 57.0 Å². The Kier molecular flexibility index (Phi) is 7.74. The highest BCUT2D eigenvalue weighted by molar-refractivity contribution is 5.88. The molecule has 0 spiro atoms. The minimum Gasteiger partial charge on any atom is -0.369 e. The van der Waals surface area contributed by atoms with E-state index in [0.29, 0.717) is 5.92 Å². The van der Waals surface area contributed by atoms with Crippen LogP contribution in [0.25, 0.3) is 0 Å². The number of nitrogens with zero attached hydrogens (tertiary/aromatic N) is 3. The molecular formula is C26H38N4O. The molecule has 168 valence electrons. The van der Waals surface area contributed by atoms with Crippen LogP contribution >= 0.6 is 0 Å². The lowest BCUT2D eigenvalue weighted by molar-refractivity contribution is -0.114. The molecule has 5 nitrogen and oxygen atoms in total. The van der Waals surface area contributed by atoms with Crippen molar-refractivity contribution in [1.29, 1.82) is 0 Å². The number of amides is 1. The second-order valence-electron chi connectivity index (χ2n) is 8.67. The van der Waals surface area contributed by atoms with Crippen LogP contribution in [-0.4, -0.2) is 62.5 Å². The normalized spacial score (nSPS) is 19.3. The molecule has 2 aliphatic heterocycles. The van der Waals surface area contributed by atoms with Crippen molar-refractivity contribution in [2.24, 2.45) is 0 Å². The standard InChI is InChI=1S/C24H32N4O.C2H6/c1-17-13-21(28-11-9-26(3)10-12-28)14-22-23(17)15-27(4)16-24(22)19-5-7-20(8-6-19)25-18(2)29;1-2/h5-8,13-14,24H,9-12,15-16H2,1-4H3,(H,25,29);1-2H3. The molecule has 2 aliphatic rings. The topological polar surface area (TPSA) is 38.8 Å². The second-order valence-corrected chi connectivity index (χ2v) is 8.67. The largest absolute Gasteiger partial charge is 0.369 e. The second kappa shape index (κ2) is 10.3. The molecule has 2 aromatic rings. The first kappa shape index (κ1) is 23.3. The van der Waals surface area contributed by atoms with Crippen LogP contribution in [0.2, 0.25) is 0 Å². The lowest BCUT2D eigenvalue weighted by Crippen LogP contribution is -2.44. The van der Waals surface area contributed by atoms with E-state index in [1.165, 1.54) is 27.9 Å². The lowest BCUT2D eigenvalue weighted by atomic mass is 9.82. The Labute approximate surface area is 188 Å². The zero-order valence-corrected chi connectivity index (χ0v) is 20.0. The average molecular weight is 423 g/mol. The molecule has 5 heteroatoms. The fraction of sp³-hybridized carbons (Fsp3) is 0.500. The van der Waals surface area contributed by atoms with Gasteiger partial charge in [-0.2, -0.15) is 0 Å². The van der Waals surface area contributed by atoms with E-state index >= 15 is 0 Å². The van der Waals surface area contributed by atoms with Crippen molar-refractivity contribution in [3.63, 3.8) is 0 Å². The number of hydrogen-bond acceptors (Lipinski definition) is 4. The Bertz CT molecular complexity index is 885. The van der Waals surface area contributed by atoms with Gasteiger partial charge in [0.15, 0.2) is 0 Å². The lowest BCUT2D eigenvalue weighted by Gasteiger charge is -2.37. The van der Waals surface area contributed by atoms with E-state index in [9.17, 15) is 4.79 Å². The number of piperazine rings is 1. The van der Waals surface area contributed by atoms with E-state index in [4.69, 9.17) is 0 Å². The first-order valence-electron chi connectivity index (χ1n) is 11.5. The third-order valence-electron chi connectivity index (χ3n) is 6.29. The summed E-state index contributed by atoms with van der Waals surface area (Å²) in [5.74, 6) is 0.314. The number of nitrogens with one attached hydrogen (secondary N) is 1. The molecule has 2 heterocycles. The maximum Gasteiger partial charge on any atom is 0.221 e. The van der Waals surface area contributed by atoms with Crippen LogP contribution in [0.5, 0.6) is 0 Å². The molecule has 0 bridgehead atoms. The number of carbonyl (C=O) groups is 1. The fourth-order valence-corrected chi connectivity index (χ4v) is 4.63. The summed E-state index contributed by atoms with van der Waals surface area (Å²) in [5.41, 5.74) is 7.84. The van der Waals surface area contributed by atoms with Crippen LogP contribution < -0.4 is 10.2 Å². The summed E-state index contributed by atoms with van der Waals surface area (Å²) in [6.07, 6.45) is 0. The Morgan fingerprint density at radius 3 is 2.23 bits per heavy atom. The molecule has 1 atom stereocenters. The van der Waals surface area contributed by atoms with Crippen LogP contribution in [0.4, 0.5) is 11.4 Å². The minimum atomic E-state index is -0.0343. The summed E-state index contributed by atoms with van der Waals surface area (Å²) in [6, 6.07) is 13.2. The summed E-state index contributed by atoms with van der Waals surface area (Å²) in [4.78, 5) is 18.7. The fourth-order valence-electron chi connectivity index (χ4n) is 4.63. The molecule has 0 aliphatic carbocycles. The van der Waals surface area contributed by atoms with Crippen LogP contribution in [0, 0.1) is 6.92 Å². The van der Waals surface area contributed by atoms with Crippen LogP contribution in [-0.2, 0) is 11.3 Å². The predicted molar refractivity (Wildman–Crippen MR) is 131 cm³/mol. The number of fused-ring (bicyclic) bond motifs is 1. The molecule has 1 amide bonds. The van der Waals surface area contributed by atoms with E-state index < -0.39 is 0 Å². The smallest absolute Gasteiger partial charge is 0.221 e. The highest BCUT2D eigenvalue weighted by Crippen LogP contribution is 2.37. The molecule has 1 fully saturated rings. The maximum absolute atomic E-state index is 11.3. The quantitative estimate of drug-likeness (QED) is 0.800. The Hall–Kier alpha value is -2.37. The molecular weight excluding hydrogens is 384 g/mol. The zero-order valence-electron chi connectivity index (χ0n) is 20.0. The average Bonchev–Trinajstić information content (AvgIpc) is 2.76. The van der Waals surface area contributed by atoms with Gasteiger partial charge in [-0.25, -0.2) is 0 Å². The van der Waals surface area contributed by atoms with Crippen molar-refractivity contribution in [1.82, 2.24) is 9.80 Å². The van der Waals surface area contributed by atoms with Gasteiger partial charge in [-0.05, 0) is 67.5 Å². The third-order valence-corrected chi connectivity index (χ3v) is 6.29. The number of anilines is 2. The number of likely N-dealkylation sites (N-methyl/N-ethyl adjacent to an activating group) is 2. The van der Waals surface area contributed by atoms with Crippen LogP contribution in [0.1, 0.15) is 48.9 Å². The third kappa shape index (κ3) is 5.46. The van der Waals surface area contributed by atoms with E-state index in [0.717, 1.165) is 45.0 Å². The molecule has 2 aromatic carbocycles. The predicted octanol–water partition coefficient (Wildman–Crippen LogP) is 4.31. The summed E-state index contributed by atoms with van der Waals surface area (Å²) in [7, 11) is 4.40. The van der Waals surface area contributed by atoms with Crippen LogP contribution in [0.15, 0.2) is 36.4 Å². The van der Waals surface area contributed by atoms with Crippen molar-refractivity contribution in [3.05, 3.63) is 58.7 Å². The van der Waals surface area contributed by atoms with Gasteiger partial charge in [-0.3, -0.25) is 4.79 Å². The van der Waals surface area contributed by atoms with Crippen LogP contribution in [0.3, 0.4) is 0 Å². The van der Waals surface area contributed by atoms with Crippen molar-refractivity contribution >= 4 is 17.3 Å². The van der Waals surface area contributed by atoms with Gasteiger partial charge in [0.25, 0.3) is 0 Å². The number of carbonyl (C=O) groups excluding carboxylic acids is 1. The maximum atomic E-state index is 11.3. The van der Waals surface area contributed by atoms with Crippen molar-refractivity contribution in [2.45, 2.75) is 40.2 Å². The summed E-state index contributed by atoms with van der Waals surface area (Å²) < 4.78 is 0. The van der Waals surface area contributed by atoms with Crippen molar-refractivity contribution in [3.8, 4) is 0 Å². The van der Waals surface area contributed by atoms with E-state index in [2.05, 4.69) is 65.3 Å². The molecule has 0 aromatic heterocycles. The highest BCUT2D eigenvalue weighted by Gasteiger charge is 2.27. The van der Waals surface area contributed by atoms with E-state index in [1.54, 1.807) is 6.92 Å². The molecule has 0 saturated carbocycles. The van der Waals surface area contributed by atoms with Gasteiger partial charge in [0.1, 0.15) is 0 Å². The van der Waals surface area contributed by atoms with Gasteiger partial charge < -0.3 is 20.0 Å². The Morgan fingerprint density at radius 2 is 1.61 bits per heavy atom. The van der Waals surface area contributed by atoms with Gasteiger partial charge in [-0.1, -0.05) is 26.0 Å². The monoisotopic (exact) mass is 422 g/mol. The molecule has 4 rings (SSSR count). The van der Waals surface area contributed by atoms with Gasteiger partial charge in [0.05, 0.1) is 0 Å². The number of rotatable bonds is 3. The molecule has 0 radical (unpaired) electrons. The molecule has 1 unspecified atom stereocenters. The summed E-state index contributed by atoms with van der Waals surface area (Å²) >= 11 is 0. The van der Waals surface area contributed by atoms with Gasteiger partial charge in [0.2, 0.25) is 5.91 Å². The van der Waals surface area contributed by atoms with E-state index in [1.807, 2.05) is 26.0 Å². The number of benzene rings is 2. The number of hydrogen-bond donors (Lipinski definition) is 1. The highest BCUT2D eigenvalue weighted by atomic mass is 16.1. The first-order chi connectivity index (χ1) is 14.9. The summed E-state index contributed by atoms with van der Waals surface area (Å²) in [6.45, 7) is 14.2. The number of aryl methyl sites for hydroxylation is 1.